The summed E-state index contributed by atoms with van der Waals surface area (Å²) in [5.74, 6) is -0.0869. The molecule has 0 bridgehead atoms. The Morgan fingerprint density at radius 1 is 1.08 bits per heavy atom. The normalized spacial score (nSPS) is 10.5. The summed E-state index contributed by atoms with van der Waals surface area (Å²) in [6.45, 7) is 0. The van der Waals surface area contributed by atoms with E-state index in [4.69, 9.17) is 11.5 Å². The van der Waals surface area contributed by atoms with E-state index in [0.717, 1.165) is 10.8 Å². The fourth-order valence-electron chi connectivity index (χ4n) is 1.29. The van der Waals surface area contributed by atoms with Crippen LogP contribution in [0, 0.1) is 6.07 Å². The van der Waals surface area contributed by atoms with Crippen molar-refractivity contribution in [2.24, 2.45) is 0 Å². The Morgan fingerprint density at radius 3 is 2.54 bits per heavy atom. The van der Waals surface area contributed by atoms with Crippen LogP contribution < -0.4 is 11.5 Å². The van der Waals surface area contributed by atoms with Gasteiger partial charge in [0.1, 0.15) is 5.75 Å². The summed E-state index contributed by atoms with van der Waals surface area (Å²) in [5.41, 5.74) is 11.9. The summed E-state index contributed by atoms with van der Waals surface area (Å²) in [5, 5.41) is 10.9. The SMILES string of the molecule is Nc1c(O)[c]c2ccccc2c1N. The van der Waals surface area contributed by atoms with E-state index in [1.54, 1.807) is 0 Å². The molecule has 3 heteroatoms. The van der Waals surface area contributed by atoms with Crippen LogP contribution in [-0.2, 0) is 0 Å². The fraction of sp³-hybridized carbons (Fsp3) is 0. The molecule has 3 nitrogen and oxygen atoms in total. The van der Waals surface area contributed by atoms with Crippen LogP contribution in [-0.4, -0.2) is 5.11 Å². The van der Waals surface area contributed by atoms with Crippen LogP contribution in [0.2, 0.25) is 0 Å². The van der Waals surface area contributed by atoms with Gasteiger partial charge in [0.15, 0.2) is 0 Å². The number of anilines is 2. The van der Waals surface area contributed by atoms with Crippen LogP contribution in [0.1, 0.15) is 0 Å². The molecule has 0 aliphatic heterocycles. The van der Waals surface area contributed by atoms with Crippen LogP contribution in [0.4, 0.5) is 11.4 Å². The first kappa shape index (κ1) is 7.73. The molecule has 0 saturated carbocycles. The molecule has 0 spiro atoms. The molecule has 5 N–H and O–H groups in total. The molecule has 0 saturated heterocycles. The number of hydrogen-bond acceptors (Lipinski definition) is 3. The number of phenolic OH excluding ortho intramolecular Hbond substituents is 1. The smallest absolute Gasteiger partial charge is 0.149 e. The molecular formula is C10H9N2O. The third kappa shape index (κ3) is 1.05. The molecule has 0 heterocycles. The molecule has 1 radical (unpaired) electrons. The van der Waals surface area contributed by atoms with Gasteiger partial charge in [-0.25, -0.2) is 0 Å². The summed E-state index contributed by atoms with van der Waals surface area (Å²) in [6, 6.07) is 10.1. The Morgan fingerprint density at radius 2 is 1.77 bits per heavy atom. The summed E-state index contributed by atoms with van der Waals surface area (Å²) in [6.07, 6.45) is 0. The number of phenols is 1. The van der Waals surface area contributed by atoms with Crippen molar-refractivity contribution in [1.82, 2.24) is 0 Å². The van der Waals surface area contributed by atoms with E-state index in [1.165, 1.54) is 0 Å². The number of hydrogen-bond donors (Lipinski definition) is 3. The number of fused-ring (bicyclic) bond motifs is 1. The standard InChI is InChI=1S/C10H9N2O/c11-9-7-4-2-1-3-6(7)5-8(13)10(9)12/h1-4,13H,11-12H2. The average molecular weight is 173 g/mol. The Bertz CT molecular complexity index is 466. The molecular weight excluding hydrogens is 164 g/mol. The first-order valence-corrected chi connectivity index (χ1v) is 3.88. The van der Waals surface area contributed by atoms with E-state index in [1.807, 2.05) is 24.3 Å². The number of benzene rings is 2. The van der Waals surface area contributed by atoms with E-state index in [2.05, 4.69) is 6.07 Å². The molecule has 13 heavy (non-hydrogen) atoms. The van der Waals surface area contributed by atoms with Crippen molar-refractivity contribution in [3.63, 3.8) is 0 Å². The molecule has 65 valence electrons. The lowest BCUT2D eigenvalue weighted by Gasteiger charge is -2.06. The van der Waals surface area contributed by atoms with Crippen molar-refractivity contribution in [3.05, 3.63) is 30.3 Å². The van der Waals surface area contributed by atoms with Crippen LogP contribution in [0.25, 0.3) is 10.8 Å². The summed E-state index contributed by atoms with van der Waals surface area (Å²) < 4.78 is 0. The number of rotatable bonds is 0. The highest BCUT2D eigenvalue weighted by Gasteiger charge is 2.06. The number of aromatic hydroxyl groups is 1. The van der Waals surface area contributed by atoms with Crippen LogP contribution in [0.3, 0.4) is 0 Å². The van der Waals surface area contributed by atoms with Crippen molar-refractivity contribution in [2.75, 3.05) is 11.5 Å². The van der Waals surface area contributed by atoms with Crippen LogP contribution in [0.15, 0.2) is 24.3 Å². The van der Waals surface area contributed by atoms with Gasteiger partial charge >= 0.3 is 0 Å². The zero-order valence-corrected chi connectivity index (χ0v) is 6.91. The third-order valence-corrected chi connectivity index (χ3v) is 2.02. The summed E-state index contributed by atoms with van der Waals surface area (Å²) in [7, 11) is 0. The lowest BCUT2D eigenvalue weighted by atomic mass is 10.1. The van der Waals surface area contributed by atoms with Crippen LogP contribution >= 0.6 is 0 Å². The Labute approximate surface area is 75.6 Å². The highest BCUT2D eigenvalue weighted by atomic mass is 16.3. The van der Waals surface area contributed by atoms with Gasteiger partial charge in [0.05, 0.1) is 11.4 Å². The van der Waals surface area contributed by atoms with Crippen LogP contribution in [0.5, 0.6) is 5.75 Å². The third-order valence-electron chi connectivity index (χ3n) is 2.02. The van der Waals surface area contributed by atoms with Gasteiger partial charge in [-0.1, -0.05) is 24.3 Å². The molecule has 2 aromatic carbocycles. The molecule has 0 unspecified atom stereocenters. The second kappa shape index (κ2) is 2.55. The van der Waals surface area contributed by atoms with Crippen molar-refractivity contribution in [2.45, 2.75) is 0 Å². The van der Waals surface area contributed by atoms with Gasteiger partial charge in [0.25, 0.3) is 0 Å². The topological polar surface area (TPSA) is 72.3 Å². The minimum Gasteiger partial charge on any atom is -0.505 e. The van der Waals surface area contributed by atoms with E-state index >= 15 is 0 Å². The monoisotopic (exact) mass is 173 g/mol. The number of nitrogens with two attached hydrogens (primary N) is 2. The summed E-state index contributed by atoms with van der Waals surface area (Å²) >= 11 is 0. The molecule has 0 aromatic heterocycles. The largest absolute Gasteiger partial charge is 0.505 e. The molecule has 0 aliphatic carbocycles. The molecule has 0 fully saturated rings. The van der Waals surface area contributed by atoms with Crippen molar-refractivity contribution in [3.8, 4) is 5.75 Å². The number of nitrogen functional groups attached to an aromatic ring is 2. The summed E-state index contributed by atoms with van der Waals surface area (Å²) in [4.78, 5) is 0. The maximum absolute atomic E-state index is 9.34. The molecule has 2 aromatic rings. The van der Waals surface area contributed by atoms with E-state index in [9.17, 15) is 5.11 Å². The van der Waals surface area contributed by atoms with Gasteiger partial charge < -0.3 is 16.6 Å². The quantitative estimate of drug-likeness (QED) is 0.417. The predicted octanol–water partition coefficient (Wildman–Crippen LogP) is 1.51. The van der Waals surface area contributed by atoms with Gasteiger partial charge in [0, 0.05) is 11.5 Å². The molecule has 0 amide bonds. The first-order chi connectivity index (χ1) is 6.20. The highest BCUT2D eigenvalue weighted by Crippen LogP contribution is 2.33. The zero-order valence-electron chi connectivity index (χ0n) is 6.91. The molecule has 2 rings (SSSR count). The Balaban J connectivity index is 2.94. The van der Waals surface area contributed by atoms with Gasteiger partial charge in [-0.2, -0.15) is 0 Å². The maximum Gasteiger partial charge on any atom is 0.149 e. The van der Waals surface area contributed by atoms with E-state index in [0.29, 0.717) is 5.69 Å². The van der Waals surface area contributed by atoms with Crippen molar-refractivity contribution < 1.29 is 5.11 Å². The van der Waals surface area contributed by atoms with Gasteiger partial charge in [-0.05, 0) is 5.39 Å². The Kier molecular flexibility index (Phi) is 1.52. The average Bonchev–Trinajstić information content (AvgIpc) is 2.15. The molecule has 0 aliphatic rings. The second-order valence-electron chi connectivity index (χ2n) is 2.85. The predicted molar refractivity (Wildman–Crippen MR) is 53.3 cm³/mol. The zero-order chi connectivity index (χ0) is 9.42. The Hall–Kier alpha value is -1.90. The second-order valence-corrected chi connectivity index (χ2v) is 2.85. The fourth-order valence-corrected chi connectivity index (χ4v) is 1.29. The lowest BCUT2D eigenvalue weighted by molar-refractivity contribution is 0.478. The lowest BCUT2D eigenvalue weighted by Crippen LogP contribution is -1.96. The van der Waals surface area contributed by atoms with Gasteiger partial charge in [-0.3, -0.25) is 0 Å². The maximum atomic E-state index is 9.34. The van der Waals surface area contributed by atoms with E-state index in [-0.39, 0.29) is 11.4 Å². The first-order valence-electron chi connectivity index (χ1n) is 3.88. The highest BCUT2D eigenvalue weighted by molar-refractivity contribution is 6.00. The van der Waals surface area contributed by atoms with Crippen molar-refractivity contribution in [1.29, 1.82) is 0 Å². The minimum atomic E-state index is -0.0869. The van der Waals surface area contributed by atoms with Gasteiger partial charge in [0.2, 0.25) is 0 Å². The van der Waals surface area contributed by atoms with Gasteiger partial charge in [-0.15, -0.1) is 0 Å². The minimum absolute atomic E-state index is 0.0869. The van der Waals surface area contributed by atoms with Crippen molar-refractivity contribution >= 4 is 22.1 Å². The molecule has 0 atom stereocenters. The van der Waals surface area contributed by atoms with E-state index < -0.39 is 0 Å².